The van der Waals surface area contributed by atoms with Gasteiger partial charge in [0.25, 0.3) is 5.91 Å². The standard InChI is InChI=1S/C55H63F2N9O6/c1-2-39-43(56)7-4-34-23-37(67)24-41(46(34)39)48-47(57)49-42(27-58-48)50(65-15-3-12-55(31-65)25-38(68)26-55)61-53(60-49)72-32-54(13-14-54)30-63-16-10-33(11-17-63)28-62-18-20-64(21-19-62)36-5-6-40-35(22-36)29-66(52(40)71)44-8-9-45(69)59-51(44)70/h4-7,22-24,27,33,38,44,67-68H,2-3,8-21,25-26,28-32H2,1H3,(H,59,69,70)/t38?,44-,55?/m0/s1. The Hall–Kier alpha value is -6.04. The molecular weight excluding hydrogens is 921 g/mol. The molecule has 3 N–H and O–H groups in total. The van der Waals surface area contributed by atoms with Crippen LogP contribution < -0.4 is 19.9 Å². The molecular formula is C55H63F2N9O6. The predicted molar refractivity (Wildman–Crippen MR) is 268 cm³/mol. The summed E-state index contributed by atoms with van der Waals surface area (Å²) in [6.45, 7) is 11.8. The van der Waals surface area contributed by atoms with Crippen LogP contribution in [-0.4, -0.2) is 142 Å². The number of hydrogen-bond acceptors (Lipinski definition) is 13. The largest absolute Gasteiger partial charge is 0.508 e. The van der Waals surface area contributed by atoms with Crippen molar-refractivity contribution in [3.05, 3.63) is 77.0 Å². The average Bonchev–Trinajstić information content (AvgIpc) is 4.06. The number of phenols is 1. The first-order chi connectivity index (χ1) is 34.8. The first-order valence-corrected chi connectivity index (χ1v) is 26.2. The molecule has 1 atom stereocenters. The topological polar surface area (TPSA) is 168 Å². The number of aliphatic hydroxyl groups excluding tert-OH is 1. The van der Waals surface area contributed by atoms with Gasteiger partial charge in [-0.05, 0) is 147 Å². The number of piperidine rings is 3. The average molecular weight is 984 g/mol. The number of ether oxygens (including phenoxy) is 1. The monoisotopic (exact) mass is 983 g/mol. The minimum absolute atomic E-state index is 0.0230. The van der Waals surface area contributed by atoms with E-state index in [0.29, 0.717) is 83.7 Å². The van der Waals surface area contributed by atoms with Crippen LogP contribution in [0.25, 0.3) is 32.9 Å². The predicted octanol–water partition coefficient (Wildman–Crippen LogP) is 6.59. The number of aliphatic hydroxyl groups is 1. The number of carbonyl (C=O) groups is 3. The summed E-state index contributed by atoms with van der Waals surface area (Å²) in [5.41, 5.74) is 3.34. The van der Waals surface area contributed by atoms with Crippen LogP contribution >= 0.6 is 0 Å². The van der Waals surface area contributed by atoms with Crippen LogP contribution in [-0.2, 0) is 22.6 Å². The lowest BCUT2D eigenvalue weighted by Crippen LogP contribution is -2.52. The van der Waals surface area contributed by atoms with Crippen LogP contribution in [0.15, 0.2) is 48.7 Å². The number of pyridine rings is 1. The van der Waals surface area contributed by atoms with Crippen LogP contribution in [0.3, 0.4) is 0 Å². The molecule has 17 heteroatoms. The quantitative estimate of drug-likeness (QED) is 0.115. The van der Waals surface area contributed by atoms with Crippen molar-refractivity contribution in [1.82, 2.24) is 35.0 Å². The molecule has 7 aliphatic rings. The smallest absolute Gasteiger partial charge is 0.319 e. The molecule has 2 saturated carbocycles. The summed E-state index contributed by atoms with van der Waals surface area (Å²) in [6.07, 6.45) is 9.93. The van der Waals surface area contributed by atoms with E-state index in [0.717, 1.165) is 115 Å². The first-order valence-electron chi connectivity index (χ1n) is 26.2. The second-order valence-corrected chi connectivity index (χ2v) is 22.1. The SMILES string of the molecule is CCc1c(F)ccc2cc(O)cc(-c3ncc4c(N5CCCC6(CC(O)C6)C5)nc(OCC5(CN6CCC(CN7CCN(c8ccc9c(c8)CN([C@H]8CCC(=O)NC8=O)C9=O)CC7)CC6)CC5)nc4c3F)c12. The van der Waals surface area contributed by atoms with Crippen LogP contribution in [0, 0.1) is 28.4 Å². The number of fused-ring (bicyclic) bond motifs is 3. The molecule has 3 aromatic carbocycles. The number of rotatable bonds is 12. The Morgan fingerprint density at radius 2 is 1.68 bits per heavy atom. The molecule has 1 spiro atoms. The number of phenolic OH excluding ortho intramolecular Hbond substituents is 1. The number of likely N-dealkylation sites (tertiary alicyclic amines) is 1. The number of aromatic nitrogens is 3. The lowest BCUT2D eigenvalue weighted by atomic mass is 9.62. The number of nitrogens with zero attached hydrogens (tertiary/aromatic N) is 8. The van der Waals surface area contributed by atoms with Crippen molar-refractivity contribution < 1.29 is 38.1 Å². The second-order valence-electron chi connectivity index (χ2n) is 22.1. The summed E-state index contributed by atoms with van der Waals surface area (Å²) < 4.78 is 39.0. The fraction of sp³-hybridized carbons (Fsp3) is 0.527. The van der Waals surface area contributed by atoms with Crippen molar-refractivity contribution in [1.29, 1.82) is 0 Å². The number of carbonyl (C=O) groups excluding carboxylic acids is 3. The van der Waals surface area contributed by atoms with E-state index in [-0.39, 0.29) is 58.1 Å². The summed E-state index contributed by atoms with van der Waals surface area (Å²) in [5, 5.41) is 25.0. The van der Waals surface area contributed by atoms with Crippen LogP contribution in [0.4, 0.5) is 20.3 Å². The van der Waals surface area contributed by atoms with Crippen molar-refractivity contribution in [2.24, 2.45) is 16.7 Å². The molecule has 15 nitrogen and oxygen atoms in total. The van der Waals surface area contributed by atoms with E-state index in [1.165, 1.54) is 12.1 Å². The number of piperazine rings is 1. The molecule has 2 aliphatic carbocycles. The van der Waals surface area contributed by atoms with E-state index < -0.39 is 23.6 Å². The number of benzene rings is 3. The van der Waals surface area contributed by atoms with Crippen molar-refractivity contribution >= 4 is 50.9 Å². The van der Waals surface area contributed by atoms with Crippen molar-refractivity contribution in [2.75, 3.05) is 81.9 Å². The molecule has 0 unspecified atom stereocenters. The highest BCUT2D eigenvalue weighted by atomic mass is 19.1. The molecule has 7 heterocycles. The molecule has 12 rings (SSSR count). The lowest BCUT2D eigenvalue weighted by molar-refractivity contribution is -0.136. The highest BCUT2D eigenvalue weighted by Gasteiger charge is 2.48. The van der Waals surface area contributed by atoms with E-state index in [9.17, 15) is 24.6 Å². The minimum Gasteiger partial charge on any atom is -0.508 e. The molecule has 378 valence electrons. The summed E-state index contributed by atoms with van der Waals surface area (Å²) in [7, 11) is 0. The van der Waals surface area contributed by atoms with Crippen LogP contribution in [0.1, 0.15) is 92.6 Å². The van der Waals surface area contributed by atoms with Crippen LogP contribution in [0.2, 0.25) is 0 Å². The van der Waals surface area contributed by atoms with E-state index in [1.807, 2.05) is 19.1 Å². The highest BCUT2D eigenvalue weighted by molar-refractivity contribution is 6.06. The number of halogens is 2. The molecule has 6 fully saturated rings. The normalized spacial score (nSPS) is 24.8. The molecule has 5 aromatic rings. The van der Waals surface area contributed by atoms with Crippen molar-refractivity contribution in [3.8, 4) is 23.0 Å². The Bertz CT molecular complexity index is 2980. The van der Waals surface area contributed by atoms with Gasteiger partial charge in [-0.2, -0.15) is 9.97 Å². The summed E-state index contributed by atoms with van der Waals surface area (Å²) >= 11 is 0. The van der Waals surface area contributed by atoms with Gasteiger partial charge in [-0.25, -0.2) is 8.78 Å². The number of amides is 3. The highest BCUT2D eigenvalue weighted by Crippen LogP contribution is 2.50. The zero-order valence-corrected chi connectivity index (χ0v) is 41.0. The number of nitrogens with one attached hydrogen (secondary N) is 1. The van der Waals surface area contributed by atoms with Crippen molar-refractivity contribution in [2.45, 2.75) is 96.2 Å². The number of aryl methyl sites for hydroxylation is 1. The Balaban J connectivity index is 0.690. The third-order valence-electron chi connectivity index (χ3n) is 17.2. The van der Waals surface area contributed by atoms with Gasteiger partial charge in [0.15, 0.2) is 5.82 Å². The maximum atomic E-state index is 17.3. The maximum absolute atomic E-state index is 17.3. The van der Waals surface area contributed by atoms with E-state index >= 15 is 8.78 Å². The molecule has 5 aliphatic heterocycles. The van der Waals surface area contributed by atoms with Crippen LogP contribution in [0.5, 0.6) is 11.8 Å². The van der Waals surface area contributed by atoms with E-state index in [1.54, 1.807) is 23.2 Å². The Labute approximate surface area is 417 Å². The van der Waals surface area contributed by atoms with Gasteiger partial charge in [-0.15, -0.1) is 0 Å². The third kappa shape index (κ3) is 8.78. The van der Waals surface area contributed by atoms with Gasteiger partial charge in [0.05, 0.1) is 18.1 Å². The fourth-order valence-electron chi connectivity index (χ4n) is 13.1. The van der Waals surface area contributed by atoms with Gasteiger partial charge in [0.1, 0.15) is 34.6 Å². The van der Waals surface area contributed by atoms with Gasteiger partial charge in [0.2, 0.25) is 11.8 Å². The van der Waals surface area contributed by atoms with Gasteiger partial charge in [0, 0.05) is 93.7 Å². The van der Waals surface area contributed by atoms with Gasteiger partial charge in [-0.3, -0.25) is 29.6 Å². The number of hydrogen-bond donors (Lipinski definition) is 3. The molecule has 0 bridgehead atoms. The Morgan fingerprint density at radius 3 is 2.43 bits per heavy atom. The van der Waals surface area contributed by atoms with Crippen molar-refractivity contribution in [3.63, 3.8) is 0 Å². The summed E-state index contributed by atoms with van der Waals surface area (Å²) in [4.78, 5) is 63.2. The third-order valence-corrected chi connectivity index (χ3v) is 17.2. The number of aromatic hydroxyl groups is 1. The second kappa shape index (κ2) is 18.5. The zero-order chi connectivity index (χ0) is 49.5. The summed E-state index contributed by atoms with van der Waals surface area (Å²) in [5.74, 6) is -0.818. The van der Waals surface area contributed by atoms with Gasteiger partial charge >= 0.3 is 6.01 Å². The fourth-order valence-corrected chi connectivity index (χ4v) is 13.1. The summed E-state index contributed by atoms with van der Waals surface area (Å²) in [6, 6.07) is 11.5. The first kappa shape index (κ1) is 47.0. The minimum atomic E-state index is -0.685. The molecule has 0 radical (unpaired) electrons. The Morgan fingerprint density at radius 1 is 0.875 bits per heavy atom. The van der Waals surface area contributed by atoms with E-state index in [4.69, 9.17) is 14.7 Å². The maximum Gasteiger partial charge on any atom is 0.319 e. The van der Waals surface area contributed by atoms with E-state index in [2.05, 4.69) is 36.0 Å². The molecule has 3 amide bonds. The number of imide groups is 1. The lowest BCUT2D eigenvalue weighted by Gasteiger charge is -2.51. The Kier molecular flexibility index (Phi) is 12.1. The van der Waals surface area contributed by atoms with Gasteiger partial charge in [-0.1, -0.05) is 13.0 Å². The zero-order valence-electron chi connectivity index (χ0n) is 41.0. The molecule has 4 saturated heterocycles. The number of anilines is 2. The molecule has 2 aromatic heterocycles. The molecule has 72 heavy (non-hydrogen) atoms. The van der Waals surface area contributed by atoms with Gasteiger partial charge < -0.3 is 34.5 Å².